The number of fused-ring (bicyclic) bond motifs is 7. The van der Waals surface area contributed by atoms with Crippen molar-refractivity contribution in [1.29, 1.82) is 0 Å². The van der Waals surface area contributed by atoms with E-state index in [0.29, 0.717) is 0 Å². The van der Waals surface area contributed by atoms with Gasteiger partial charge in [-0.2, -0.15) is 0 Å². The molecule has 61 heavy (non-hydrogen) atoms. The van der Waals surface area contributed by atoms with Crippen LogP contribution in [0.15, 0.2) is 237 Å². The Hall–Kier alpha value is -7.52. The monoisotopic (exact) mass is 793 g/mol. The molecule has 0 amide bonds. The number of benzene rings is 10. The van der Waals surface area contributed by atoms with Crippen LogP contribution in [0, 0.1) is 0 Å². The molecule has 0 spiro atoms. The van der Waals surface area contributed by atoms with Gasteiger partial charge in [-0.05, 0) is 127 Å². The van der Waals surface area contributed by atoms with E-state index in [1.54, 1.807) is 0 Å². The molecule has 1 heterocycles. The molecule has 1 aliphatic rings. The van der Waals surface area contributed by atoms with Crippen LogP contribution in [0.2, 0.25) is 0 Å². The summed E-state index contributed by atoms with van der Waals surface area (Å²) in [6.45, 7) is 0. The summed E-state index contributed by atoms with van der Waals surface area (Å²) in [5.41, 5.74) is 15.2. The van der Waals surface area contributed by atoms with Gasteiger partial charge >= 0.3 is 0 Å². The van der Waals surface area contributed by atoms with Crippen molar-refractivity contribution >= 4 is 59.3 Å². The average molecular weight is 794 g/mol. The van der Waals surface area contributed by atoms with Crippen molar-refractivity contribution in [2.45, 2.75) is 5.41 Å². The molecular weight excluding hydrogens is 755 g/mol. The number of thiophene rings is 1. The normalized spacial score (nSPS) is 14.3. The van der Waals surface area contributed by atoms with Crippen molar-refractivity contribution in [1.82, 2.24) is 0 Å². The Labute approximate surface area is 360 Å². The lowest BCUT2D eigenvalue weighted by Crippen LogP contribution is -2.28. The van der Waals surface area contributed by atoms with Gasteiger partial charge in [0.25, 0.3) is 0 Å². The highest BCUT2D eigenvalue weighted by molar-refractivity contribution is 7.25. The van der Waals surface area contributed by atoms with Crippen LogP contribution in [-0.2, 0) is 5.41 Å². The summed E-state index contributed by atoms with van der Waals surface area (Å²) >= 11 is 1.87. The molecule has 0 aliphatic heterocycles. The zero-order valence-electron chi connectivity index (χ0n) is 33.4. The van der Waals surface area contributed by atoms with Crippen molar-refractivity contribution in [2.24, 2.45) is 0 Å². The van der Waals surface area contributed by atoms with Gasteiger partial charge < -0.3 is 4.90 Å². The fraction of sp³-hybridized carbons (Fsp3) is 0.0169. The standard InChI is InChI=1S/C59H39NS/c1-3-13-40(14-4-1)42-25-30-48(31-26-42)60(49-32-27-43(28-33-49)45-24-23-41-15-7-8-16-44(41)37-45)50-34-35-52-51-19-9-11-21-55(51)59(56(52)39-50,46-17-5-2-6-18-46)47-29-36-58-54(38-47)53-20-10-12-22-57(53)61-58/h1-39H. The van der Waals surface area contributed by atoms with Crippen LogP contribution in [0.25, 0.3) is 64.3 Å². The predicted molar refractivity (Wildman–Crippen MR) is 260 cm³/mol. The van der Waals surface area contributed by atoms with E-state index in [4.69, 9.17) is 0 Å². The zero-order chi connectivity index (χ0) is 40.3. The topological polar surface area (TPSA) is 3.24 Å². The maximum Gasteiger partial charge on any atom is 0.0714 e. The van der Waals surface area contributed by atoms with E-state index in [1.807, 2.05) is 11.3 Å². The lowest BCUT2D eigenvalue weighted by Gasteiger charge is -2.35. The van der Waals surface area contributed by atoms with E-state index in [2.05, 4.69) is 241 Å². The highest BCUT2D eigenvalue weighted by Crippen LogP contribution is 2.58. The minimum absolute atomic E-state index is 0.552. The Kier molecular flexibility index (Phi) is 8.33. The lowest BCUT2D eigenvalue weighted by molar-refractivity contribution is 0.770. The molecule has 0 saturated carbocycles. The Morgan fingerprint density at radius 3 is 1.67 bits per heavy atom. The SMILES string of the molecule is c1ccc(-c2ccc(N(c3ccc(-c4ccc5ccccc5c4)cc3)c3ccc4c(c3)C(c3ccccc3)(c3ccc5sc6ccccc6c5c3)c3ccccc3-4)cc2)cc1. The van der Waals surface area contributed by atoms with E-state index in [9.17, 15) is 0 Å². The molecule has 0 fully saturated rings. The van der Waals surface area contributed by atoms with Crippen molar-refractivity contribution in [3.8, 4) is 33.4 Å². The number of rotatable bonds is 7. The molecule has 1 nitrogen and oxygen atoms in total. The summed E-state index contributed by atoms with van der Waals surface area (Å²) in [5.74, 6) is 0. The Morgan fingerprint density at radius 1 is 0.311 bits per heavy atom. The zero-order valence-corrected chi connectivity index (χ0v) is 34.2. The highest BCUT2D eigenvalue weighted by Gasteiger charge is 2.46. The highest BCUT2D eigenvalue weighted by atomic mass is 32.1. The van der Waals surface area contributed by atoms with Gasteiger partial charge in [-0.15, -0.1) is 11.3 Å². The maximum absolute atomic E-state index is 2.48. The molecule has 2 heteroatoms. The Morgan fingerprint density at radius 2 is 0.885 bits per heavy atom. The summed E-state index contributed by atoms with van der Waals surface area (Å²) < 4.78 is 2.63. The number of hydrogen-bond acceptors (Lipinski definition) is 2. The third-order valence-corrected chi connectivity index (χ3v) is 13.9. The number of hydrogen-bond donors (Lipinski definition) is 0. The first-order chi connectivity index (χ1) is 30.2. The quantitative estimate of drug-likeness (QED) is 0.155. The van der Waals surface area contributed by atoms with Gasteiger partial charge in [0.15, 0.2) is 0 Å². The second-order valence-electron chi connectivity index (χ2n) is 16.1. The minimum atomic E-state index is -0.552. The summed E-state index contributed by atoms with van der Waals surface area (Å²) in [4.78, 5) is 2.42. The van der Waals surface area contributed by atoms with Gasteiger partial charge in [0, 0.05) is 37.2 Å². The van der Waals surface area contributed by atoms with E-state index < -0.39 is 5.41 Å². The molecule has 286 valence electrons. The molecule has 0 bridgehead atoms. The molecule has 11 aromatic rings. The van der Waals surface area contributed by atoms with E-state index in [0.717, 1.165) is 17.1 Å². The predicted octanol–water partition coefficient (Wildman–Crippen LogP) is 16.4. The molecule has 0 saturated heterocycles. The van der Waals surface area contributed by atoms with Crippen LogP contribution in [0.4, 0.5) is 17.1 Å². The van der Waals surface area contributed by atoms with Crippen LogP contribution in [0.1, 0.15) is 22.3 Å². The van der Waals surface area contributed by atoms with Gasteiger partial charge in [-0.25, -0.2) is 0 Å². The van der Waals surface area contributed by atoms with Crippen molar-refractivity contribution in [2.75, 3.05) is 4.90 Å². The smallest absolute Gasteiger partial charge is 0.0714 e. The number of anilines is 3. The summed E-state index contributed by atoms with van der Waals surface area (Å²) in [5, 5.41) is 5.12. The molecular formula is C59H39NS. The fourth-order valence-electron chi connectivity index (χ4n) is 9.90. The van der Waals surface area contributed by atoms with Crippen LogP contribution >= 0.6 is 11.3 Å². The molecule has 0 N–H and O–H groups in total. The van der Waals surface area contributed by atoms with Gasteiger partial charge in [0.05, 0.1) is 5.41 Å². The van der Waals surface area contributed by atoms with Crippen molar-refractivity contribution in [3.63, 3.8) is 0 Å². The van der Waals surface area contributed by atoms with Crippen LogP contribution in [-0.4, -0.2) is 0 Å². The first kappa shape index (κ1) is 35.4. The molecule has 1 unspecified atom stereocenters. The maximum atomic E-state index is 2.48. The number of nitrogens with zero attached hydrogens (tertiary/aromatic N) is 1. The van der Waals surface area contributed by atoms with Crippen molar-refractivity contribution < 1.29 is 0 Å². The van der Waals surface area contributed by atoms with Gasteiger partial charge in [0.1, 0.15) is 0 Å². The summed E-state index contributed by atoms with van der Waals surface area (Å²) in [7, 11) is 0. The van der Waals surface area contributed by atoms with Crippen LogP contribution in [0.5, 0.6) is 0 Å². The van der Waals surface area contributed by atoms with Gasteiger partial charge in [-0.1, -0.05) is 176 Å². The van der Waals surface area contributed by atoms with Crippen LogP contribution < -0.4 is 4.90 Å². The Balaban J connectivity index is 1.07. The third kappa shape index (κ3) is 5.75. The van der Waals surface area contributed by atoms with Gasteiger partial charge in [0.2, 0.25) is 0 Å². The largest absolute Gasteiger partial charge is 0.310 e. The molecule has 10 aromatic carbocycles. The second-order valence-corrected chi connectivity index (χ2v) is 17.1. The average Bonchev–Trinajstić information content (AvgIpc) is 3.86. The van der Waals surface area contributed by atoms with Crippen molar-refractivity contribution in [3.05, 3.63) is 259 Å². The van der Waals surface area contributed by atoms with E-state index in [1.165, 1.54) is 86.6 Å². The molecule has 0 radical (unpaired) electrons. The lowest BCUT2D eigenvalue weighted by atomic mass is 9.67. The fourth-order valence-corrected chi connectivity index (χ4v) is 11.0. The Bertz CT molecular complexity index is 3400. The second kappa shape index (κ2) is 14.3. The molecule has 1 atom stereocenters. The van der Waals surface area contributed by atoms with E-state index in [-0.39, 0.29) is 0 Å². The first-order valence-corrected chi connectivity index (χ1v) is 21.8. The molecule has 12 rings (SSSR count). The third-order valence-electron chi connectivity index (χ3n) is 12.7. The molecule has 1 aromatic heterocycles. The first-order valence-electron chi connectivity index (χ1n) is 21.0. The van der Waals surface area contributed by atoms with Crippen LogP contribution in [0.3, 0.4) is 0 Å². The molecule has 1 aliphatic carbocycles. The summed E-state index contributed by atoms with van der Waals surface area (Å²) in [6.07, 6.45) is 0. The summed E-state index contributed by atoms with van der Waals surface area (Å²) in [6, 6.07) is 87.5. The van der Waals surface area contributed by atoms with E-state index >= 15 is 0 Å². The van der Waals surface area contributed by atoms with Gasteiger partial charge in [-0.3, -0.25) is 0 Å². The minimum Gasteiger partial charge on any atom is -0.310 e.